The van der Waals surface area contributed by atoms with E-state index in [0.29, 0.717) is 16.6 Å². The van der Waals surface area contributed by atoms with Crippen LogP contribution in [0.5, 0.6) is 17.2 Å². The molecule has 3 aromatic rings. The average molecular weight is 616 g/mol. The molecule has 44 heavy (non-hydrogen) atoms. The Morgan fingerprint density at radius 3 is 2.30 bits per heavy atom. The number of ether oxygens (including phenoxy) is 1. The maximum absolute atomic E-state index is 14.5. The van der Waals surface area contributed by atoms with Crippen molar-refractivity contribution in [3.8, 4) is 17.2 Å². The molecule has 6 rings (SSSR count). The maximum Gasteiger partial charge on any atom is 0.260 e. The van der Waals surface area contributed by atoms with Gasteiger partial charge in [-0.05, 0) is 36.4 Å². The second-order valence-electron chi connectivity index (χ2n) is 10.5. The van der Waals surface area contributed by atoms with Gasteiger partial charge < -0.3 is 30.1 Å². The van der Waals surface area contributed by atoms with Gasteiger partial charge in [-0.1, -0.05) is 24.3 Å². The zero-order chi connectivity index (χ0) is 31.7. The van der Waals surface area contributed by atoms with Crippen molar-refractivity contribution in [2.75, 3.05) is 19.5 Å². The molecule has 224 valence electrons. The number of hydrogen-bond acceptors (Lipinski definition) is 11. The second kappa shape index (κ2) is 10.4. The number of benzene rings is 2. The lowest BCUT2D eigenvalue weighted by atomic mass is 9.75. The third kappa shape index (κ3) is 3.70. The molecule has 1 aromatic heterocycles. The van der Waals surface area contributed by atoms with Crippen LogP contribution in [0.25, 0.3) is 16.8 Å². The number of allylic oxidation sites excluding steroid dienone is 5. The Hall–Kier alpha value is -4.94. The van der Waals surface area contributed by atoms with Crippen LogP contribution in [0.1, 0.15) is 65.2 Å². The second-order valence-corrected chi connectivity index (χ2v) is 11.8. The third-order valence-corrected chi connectivity index (χ3v) is 9.62. The van der Waals surface area contributed by atoms with Crippen molar-refractivity contribution in [1.29, 1.82) is 0 Å². The first-order chi connectivity index (χ1) is 21.0. The SMILES string of the molecule is C/C=C/C=C/c1cc2cc3c(c(O)c2c(=O)[nH]1)[C@@]1(C(=O)c2c(O)c4c(c(O)c2C1=O)C(=O)C(OC)=CC4=O)C(SCCO)C3. The van der Waals surface area contributed by atoms with Gasteiger partial charge in [-0.25, -0.2) is 0 Å². The fraction of sp³-hybridized carbons (Fsp3) is 0.219. The number of hydrogen-bond donors (Lipinski definition) is 5. The zero-order valence-corrected chi connectivity index (χ0v) is 24.2. The van der Waals surface area contributed by atoms with E-state index in [4.69, 9.17) is 4.74 Å². The summed E-state index contributed by atoms with van der Waals surface area (Å²) in [4.78, 5) is 70.9. The van der Waals surface area contributed by atoms with Crippen molar-refractivity contribution in [1.82, 2.24) is 4.98 Å². The third-order valence-electron chi connectivity index (χ3n) is 8.28. The number of nitrogens with one attached hydrogen (secondary N) is 1. The quantitative estimate of drug-likeness (QED) is 0.156. The molecule has 2 aromatic carbocycles. The number of H-pyrrole nitrogens is 1. The molecule has 3 aliphatic rings. The molecule has 0 bridgehead atoms. The number of Topliss-reactive ketones (excluding diaryl/α,β-unsaturated/α-hetero) is 3. The summed E-state index contributed by atoms with van der Waals surface area (Å²) in [7, 11) is 1.13. The molecule has 12 heteroatoms. The molecule has 3 aliphatic carbocycles. The molecule has 0 saturated carbocycles. The smallest absolute Gasteiger partial charge is 0.260 e. The number of phenolic OH excluding ortho intramolecular Hbond substituents is 3. The Morgan fingerprint density at radius 2 is 1.66 bits per heavy atom. The highest BCUT2D eigenvalue weighted by atomic mass is 32.2. The Labute approximate surface area is 253 Å². The number of carbonyl (C=O) groups is 4. The van der Waals surface area contributed by atoms with Crippen molar-refractivity contribution < 1.29 is 44.3 Å². The van der Waals surface area contributed by atoms with Crippen molar-refractivity contribution in [2.45, 2.75) is 24.0 Å². The van der Waals surface area contributed by atoms with Crippen molar-refractivity contribution in [3.05, 3.63) is 91.6 Å². The summed E-state index contributed by atoms with van der Waals surface area (Å²) < 4.78 is 4.94. The summed E-state index contributed by atoms with van der Waals surface area (Å²) in [6.45, 7) is 1.52. The summed E-state index contributed by atoms with van der Waals surface area (Å²) in [5, 5.41) is 43.1. The molecule has 0 amide bonds. The highest BCUT2D eigenvalue weighted by Crippen LogP contribution is 2.59. The number of phenols is 3. The maximum atomic E-state index is 14.5. The van der Waals surface area contributed by atoms with Crippen molar-refractivity contribution in [2.24, 2.45) is 0 Å². The zero-order valence-electron chi connectivity index (χ0n) is 23.4. The van der Waals surface area contributed by atoms with Gasteiger partial charge in [0.15, 0.2) is 23.1 Å². The van der Waals surface area contributed by atoms with Crippen LogP contribution in [-0.2, 0) is 16.6 Å². The summed E-state index contributed by atoms with van der Waals surface area (Å²) >= 11 is 1.07. The summed E-state index contributed by atoms with van der Waals surface area (Å²) in [5.74, 6) is -6.83. The molecule has 0 saturated heterocycles. The number of fused-ring (bicyclic) bond motifs is 5. The van der Waals surface area contributed by atoms with Gasteiger partial charge in [-0.3, -0.25) is 24.0 Å². The Kier molecular flexibility index (Phi) is 6.86. The van der Waals surface area contributed by atoms with E-state index < -0.39 is 84.6 Å². The van der Waals surface area contributed by atoms with E-state index in [1.165, 1.54) is 0 Å². The summed E-state index contributed by atoms with van der Waals surface area (Å²) in [6.07, 6.45) is 7.79. The molecule has 2 atom stereocenters. The van der Waals surface area contributed by atoms with Gasteiger partial charge in [0.2, 0.25) is 5.78 Å². The largest absolute Gasteiger partial charge is 0.507 e. The standard InChI is InChI=1S/C32H25NO10S/c1-3-4-5-6-15-10-13-9-14-11-18(44-8-7-34)32(24(14)28(39)19(13)31(42)33-15)29(40)22-23(30(32)41)27(38)21-20(26(22)37)16(35)12-17(43-2)25(21)36/h3-6,9-10,12,18,34,37-39H,7-8,11H2,1-2H3,(H,33,42)/b4-3+,6-5+/t18?,32-/m1/s1. The number of aromatic amines is 1. The van der Waals surface area contributed by atoms with Crippen LogP contribution in [0.15, 0.2) is 47.0 Å². The number of aliphatic hydroxyl groups is 1. The van der Waals surface area contributed by atoms with Crippen molar-refractivity contribution >= 4 is 51.7 Å². The van der Waals surface area contributed by atoms with Gasteiger partial charge in [-0.15, -0.1) is 0 Å². The number of aliphatic hydroxyl groups excluding tert-OH is 1. The minimum atomic E-state index is -2.25. The lowest BCUT2D eigenvalue weighted by Crippen LogP contribution is -2.45. The fourth-order valence-corrected chi connectivity index (χ4v) is 7.79. The van der Waals surface area contributed by atoms with E-state index in [9.17, 15) is 44.4 Å². The fourth-order valence-electron chi connectivity index (χ4n) is 6.52. The van der Waals surface area contributed by atoms with E-state index in [1.807, 2.05) is 6.92 Å². The normalized spacial score (nSPS) is 20.7. The Balaban J connectivity index is 1.64. The van der Waals surface area contributed by atoms with E-state index >= 15 is 0 Å². The molecule has 0 radical (unpaired) electrons. The lowest BCUT2D eigenvalue weighted by molar-refractivity contribution is 0.0796. The van der Waals surface area contributed by atoms with Crippen LogP contribution in [0.2, 0.25) is 0 Å². The van der Waals surface area contributed by atoms with Crippen LogP contribution in [-0.4, -0.2) is 73.3 Å². The number of carbonyl (C=O) groups excluding carboxylic acids is 4. The molecule has 5 N–H and O–H groups in total. The van der Waals surface area contributed by atoms with Crippen molar-refractivity contribution in [3.63, 3.8) is 0 Å². The predicted octanol–water partition coefficient (Wildman–Crippen LogP) is 3.11. The van der Waals surface area contributed by atoms with Crippen LogP contribution in [0.4, 0.5) is 0 Å². The van der Waals surface area contributed by atoms with Gasteiger partial charge in [0.1, 0.15) is 22.7 Å². The first kappa shape index (κ1) is 29.1. The van der Waals surface area contributed by atoms with E-state index in [0.717, 1.165) is 24.9 Å². The number of aromatic hydroxyl groups is 3. The number of thioether (sulfide) groups is 1. The highest BCUT2D eigenvalue weighted by molar-refractivity contribution is 8.00. The molecule has 11 nitrogen and oxygen atoms in total. The monoisotopic (exact) mass is 615 g/mol. The van der Waals surface area contributed by atoms with E-state index in [-0.39, 0.29) is 29.7 Å². The molecule has 0 aliphatic heterocycles. The lowest BCUT2D eigenvalue weighted by Gasteiger charge is -2.29. The Bertz CT molecular complexity index is 2020. The summed E-state index contributed by atoms with van der Waals surface area (Å²) in [6, 6.07) is 3.23. The van der Waals surface area contributed by atoms with Crippen LogP contribution in [0, 0.1) is 0 Å². The topological polar surface area (TPSA) is 191 Å². The number of aromatic nitrogens is 1. The number of ketones is 4. The average Bonchev–Trinajstić information content (AvgIpc) is 3.44. The molecule has 1 unspecified atom stereocenters. The Morgan fingerprint density at radius 1 is 0.977 bits per heavy atom. The number of rotatable bonds is 6. The molecule has 1 spiro atoms. The van der Waals surface area contributed by atoms with Gasteiger partial charge in [0.25, 0.3) is 5.56 Å². The minimum Gasteiger partial charge on any atom is -0.507 e. The van der Waals surface area contributed by atoms with E-state index in [1.54, 1.807) is 36.4 Å². The van der Waals surface area contributed by atoms with Crippen LogP contribution < -0.4 is 5.56 Å². The molecular formula is C32H25NO10S. The molecule has 0 fully saturated rings. The van der Waals surface area contributed by atoms with Gasteiger partial charge in [-0.2, -0.15) is 11.8 Å². The number of methoxy groups -OCH3 is 1. The van der Waals surface area contributed by atoms with Gasteiger partial charge >= 0.3 is 0 Å². The highest BCUT2D eigenvalue weighted by Gasteiger charge is 2.66. The van der Waals surface area contributed by atoms with Crippen LogP contribution in [0.3, 0.4) is 0 Å². The molecular weight excluding hydrogens is 590 g/mol. The van der Waals surface area contributed by atoms with Crippen LogP contribution >= 0.6 is 11.8 Å². The summed E-state index contributed by atoms with van der Waals surface area (Å²) in [5.41, 5.74) is -4.97. The van der Waals surface area contributed by atoms with Gasteiger partial charge in [0, 0.05) is 28.3 Å². The first-order valence-corrected chi connectivity index (χ1v) is 14.6. The minimum absolute atomic E-state index is 0.0417. The molecule has 1 heterocycles. The van der Waals surface area contributed by atoms with Gasteiger partial charge in [0.05, 0.1) is 41.4 Å². The predicted molar refractivity (Wildman–Crippen MR) is 161 cm³/mol. The van der Waals surface area contributed by atoms with E-state index in [2.05, 4.69) is 4.98 Å². The first-order valence-electron chi connectivity index (χ1n) is 13.5. The number of pyridine rings is 1.